The minimum atomic E-state index is -2.69. The summed E-state index contributed by atoms with van der Waals surface area (Å²) in [5.74, 6) is 1.92. The number of piperidine rings is 1. The van der Waals surface area contributed by atoms with E-state index in [0.717, 1.165) is 19.5 Å². The van der Waals surface area contributed by atoms with Crippen LogP contribution in [0.5, 0.6) is 0 Å². The molecule has 12 heavy (non-hydrogen) atoms. The number of hydrogen-bond donors (Lipinski definition) is 1. The molecule has 2 rings (SSSR count). The Hall–Kier alpha value is -0.0900. The predicted octanol–water partition coefficient (Wildman–Crippen LogP) is 0.0306. The van der Waals surface area contributed by atoms with Gasteiger partial charge in [-0.2, -0.15) is 0 Å². The quantitative estimate of drug-likeness (QED) is 0.585. The molecule has 2 heterocycles. The molecular weight excluding hydrogens is 174 g/mol. The lowest BCUT2D eigenvalue weighted by atomic mass is 9.85. The first-order valence-electron chi connectivity index (χ1n) is 4.58. The van der Waals surface area contributed by atoms with Gasteiger partial charge in [0.05, 0.1) is 11.5 Å². The zero-order chi connectivity index (χ0) is 8.60. The highest BCUT2D eigenvalue weighted by Crippen LogP contribution is 2.29. The second-order valence-corrected chi connectivity index (χ2v) is 6.14. The van der Waals surface area contributed by atoms with Crippen molar-refractivity contribution in [3.63, 3.8) is 0 Å². The third kappa shape index (κ3) is 1.64. The predicted molar refractivity (Wildman–Crippen MR) is 47.7 cm³/mol. The van der Waals surface area contributed by atoms with Crippen LogP contribution in [0.15, 0.2) is 0 Å². The Morgan fingerprint density at radius 2 is 2.00 bits per heavy atom. The molecule has 2 saturated heterocycles. The lowest BCUT2D eigenvalue weighted by molar-refractivity contribution is 0.259. The van der Waals surface area contributed by atoms with Crippen LogP contribution in [-0.2, 0) is 9.84 Å². The van der Waals surface area contributed by atoms with Gasteiger partial charge in [0, 0.05) is 0 Å². The zero-order valence-electron chi connectivity index (χ0n) is 7.12. The molecule has 2 aliphatic rings. The SMILES string of the molecule is O=S1(=O)CCC2CCNCC2C1. The van der Waals surface area contributed by atoms with Crippen molar-refractivity contribution in [2.24, 2.45) is 11.8 Å². The van der Waals surface area contributed by atoms with Gasteiger partial charge in [-0.05, 0) is 37.8 Å². The van der Waals surface area contributed by atoms with E-state index in [4.69, 9.17) is 0 Å². The van der Waals surface area contributed by atoms with E-state index in [1.165, 1.54) is 6.42 Å². The van der Waals surface area contributed by atoms with Crippen LogP contribution < -0.4 is 5.32 Å². The van der Waals surface area contributed by atoms with Gasteiger partial charge in [0.1, 0.15) is 0 Å². The fourth-order valence-electron chi connectivity index (χ4n) is 2.29. The van der Waals surface area contributed by atoms with Crippen LogP contribution in [0.1, 0.15) is 12.8 Å². The first-order chi connectivity index (χ1) is 5.67. The van der Waals surface area contributed by atoms with E-state index in [0.29, 0.717) is 23.3 Å². The van der Waals surface area contributed by atoms with Crippen molar-refractivity contribution >= 4 is 9.84 Å². The van der Waals surface area contributed by atoms with Crippen molar-refractivity contribution < 1.29 is 8.42 Å². The Labute approximate surface area is 73.5 Å². The van der Waals surface area contributed by atoms with Crippen molar-refractivity contribution in [2.45, 2.75) is 12.8 Å². The fraction of sp³-hybridized carbons (Fsp3) is 1.00. The maximum absolute atomic E-state index is 11.3. The van der Waals surface area contributed by atoms with E-state index < -0.39 is 9.84 Å². The fourth-order valence-corrected chi connectivity index (χ4v) is 4.16. The van der Waals surface area contributed by atoms with Crippen molar-refractivity contribution in [2.75, 3.05) is 24.6 Å². The molecule has 4 heteroatoms. The van der Waals surface area contributed by atoms with Crippen molar-refractivity contribution in [1.82, 2.24) is 5.32 Å². The number of fused-ring (bicyclic) bond motifs is 1. The Balaban J connectivity index is 2.08. The molecule has 0 saturated carbocycles. The van der Waals surface area contributed by atoms with Crippen LogP contribution in [0, 0.1) is 11.8 Å². The Kier molecular flexibility index (Phi) is 2.12. The van der Waals surface area contributed by atoms with Crippen LogP contribution in [0.4, 0.5) is 0 Å². The first-order valence-corrected chi connectivity index (χ1v) is 6.41. The maximum Gasteiger partial charge on any atom is 0.150 e. The molecule has 3 nitrogen and oxygen atoms in total. The molecule has 0 aromatic rings. The summed E-state index contributed by atoms with van der Waals surface area (Å²) < 4.78 is 22.6. The van der Waals surface area contributed by atoms with Gasteiger partial charge >= 0.3 is 0 Å². The van der Waals surface area contributed by atoms with Crippen LogP contribution >= 0.6 is 0 Å². The number of sulfone groups is 1. The van der Waals surface area contributed by atoms with Gasteiger partial charge < -0.3 is 5.32 Å². The van der Waals surface area contributed by atoms with Crippen LogP contribution in [0.25, 0.3) is 0 Å². The third-order valence-corrected chi connectivity index (χ3v) is 4.83. The minimum Gasteiger partial charge on any atom is -0.316 e. The lowest BCUT2D eigenvalue weighted by Gasteiger charge is -2.35. The Bertz CT molecular complexity index is 260. The van der Waals surface area contributed by atoms with Gasteiger partial charge in [-0.15, -0.1) is 0 Å². The minimum absolute atomic E-state index is 0.400. The summed E-state index contributed by atoms with van der Waals surface area (Å²) in [6.45, 7) is 1.98. The molecular formula is C8H15NO2S. The van der Waals surface area contributed by atoms with Crippen LogP contribution in [-0.4, -0.2) is 33.0 Å². The summed E-state index contributed by atoms with van der Waals surface area (Å²) in [6, 6.07) is 0. The van der Waals surface area contributed by atoms with E-state index in [2.05, 4.69) is 5.32 Å². The largest absolute Gasteiger partial charge is 0.316 e. The molecule has 0 aromatic heterocycles. The van der Waals surface area contributed by atoms with Gasteiger partial charge in [0.25, 0.3) is 0 Å². The van der Waals surface area contributed by atoms with Crippen LogP contribution in [0.3, 0.4) is 0 Å². The topological polar surface area (TPSA) is 46.2 Å². The number of hydrogen-bond acceptors (Lipinski definition) is 3. The number of rotatable bonds is 0. The first kappa shape index (κ1) is 8.51. The Morgan fingerprint density at radius 3 is 2.83 bits per heavy atom. The van der Waals surface area contributed by atoms with Crippen molar-refractivity contribution in [3.8, 4) is 0 Å². The van der Waals surface area contributed by atoms with E-state index >= 15 is 0 Å². The van der Waals surface area contributed by atoms with Gasteiger partial charge in [-0.25, -0.2) is 8.42 Å². The third-order valence-electron chi connectivity index (χ3n) is 3.03. The maximum atomic E-state index is 11.3. The van der Waals surface area contributed by atoms with E-state index in [-0.39, 0.29) is 0 Å². The highest BCUT2D eigenvalue weighted by molar-refractivity contribution is 7.91. The molecule has 0 aromatic carbocycles. The average Bonchev–Trinajstić information content (AvgIpc) is 2.02. The van der Waals surface area contributed by atoms with Gasteiger partial charge in [-0.3, -0.25) is 0 Å². The van der Waals surface area contributed by atoms with E-state index in [1.807, 2.05) is 0 Å². The molecule has 2 atom stereocenters. The second kappa shape index (κ2) is 3.00. The van der Waals surface area contributed by atoms with Crippen molar-refractivity contribution in [3.05, 3.63) is 0 Å². The molecule has 0 radical (unpaired) electrons. The molecule has 70 valence electrons. The molecule has 1 N–H and O–H groups in total. The highest BCUT2D eigenvalue weighted by Gasteiger charge is 2.34. The zero-order valence-corrected chi connectivity index (χ0v) is 7.94. The normalized spacial score (nSPS) is 40.3. The molecule has 0 amide bonds. The average molecular weight is 189 g/mol. The lowest BCUT2D eigenvalue weighted by Crippen LogP contribution is -2.44. The summed E-state index contributed by atoms with van der Waals surface area (Å²) in [7, 11) is -2.69. The second-order valence-electron chi connectivity index (χ2n) is 3.92. The molecule has 0 aliphatic carbocycles. The summed E-state index contributed by atoms with van der Waals surface area (Å²) in [6.07, 6.45) is 2.06. The summed E-state index contributed by atoms with van der Waals surface area (Å²) >= 11 is 0. The highest BCUT2D eigenvalue weighted by atomic mass is 32.2. The molecule has 2 unspecified atom stereocenters. The Morgan fingerprint density at radius 1 is 1.17 bits per heavy atom. The van der Waals surface area contributed by atoms with Gasteiger partial charge in [0.15, 0.2) is 9.84 Å². The molecule has 2 fully saturated rings. The van der Waals surface area contributed by atoms with Gasteiger partial charge in [-0.1, -0.05) is 0 Å². The van der Waals surface area contributed by atoms with E-state index in [9.17, 15) is 8.42 Å². The van der Waals surface area contributed by atoms with Gasteiger partial charge in [0.2, 0.25) is 0 Å². The smallest absolute Gasteiger partial charge is 0.150 e. The molecule has 0 bridgehead atoms. The molecule has 0 spiro atoms. The standard InChI is InChI=1S/C8H15NO2S/c10-12(11)4-2-7-1-3-9-5-8(7)6-12/h7-9H,1-6H2. The monoisotopic (exact) mass is 189 g/mol. The summed E-state index contributed by atoms with van der Waals surface area (Å²) in [5.41, 5.74) is 0. The van der Waals surface area contributed by atoms with E-state index in [1.54, 1.807) is 0 Å². The summed E-state index contributed by atoms with van der Waals surface area (Å²) in [5, 5.41) is 3.26. The summed E-state index contributed by atoms with van der Waals surface area (Å²) in [4.78, 5) is 0. The molecule has 2 aliphatic heterocycles. The van der Waals surface area contributed by atoms with Crippen LogP contribution in [0.2, 0.25) is 0 Å². The number of nitrogens with one attached hydrogen (secondary N) is 1. The van der Waals surface area contributed by atoms with Crippen molar-refractivity contribution in [1.29, 1.82) is 0 Å².